The molecule has 21 heteroatoms. The molecule has 6 atom stereocenters. The van der Waals surface area contributed by atoms with Crippen molar-refractivity contribution >= 4 is 53.0 Å². The van der Waals surface area contributed by atoms with Gasteiger partial charge in [-0.25, -0.2) is 9.59 Å². The van der Waals surface area contributed by atoms with Crippen LogP contribution in [0.4, 0.5) is 16.2 Å². The zero-order chi connectivity index (χ0) is 46.3. The van der Waals surface area contributed by atoms with E-state index in [-0.39, 0.29) is 79.5 Å². The van der Waals surface area contributed by atoms with E-state index >= 15 is 0 Å². The third kappa shape index (κ3) is 10.7. The first-order valence-corrected chi connectivity index (χ1v) is 20.6. The van der Waals surface area contributed by atoms with Crippen molar-refractivity contribution in [3.05, 3.63) is 86.8 Å². The molecule has 0 fully saturated rings. The molecule has 0 bridgehead atoms. The second kappa shape index (κ2) is 20.1. The van der Waals surface area contributed by atoms with Crippen LogP contribution in [0.3, 0.4) is 0 Å². The summed E-state index contributed by atoms with van der Waals surface area (Å²) in [6.45, 7) is 4.63. The van der Waals surface area contributed by atoms with Crippen molar-refractivity contribution in [3.8, 4) is 5.75 Å². The number of primary amides is 1. The van der Waals surface area contributed by atoms with Gasteiger partial charge in [0.1, 0.15) is 43.7 Å². The standard InChI is InChI=1S/C43H51N7O14/c1-5-43(59)30-16-33-36-26(18-50(33)40(56)29(30)20-62-41(43)57)14-25-8-11-28(15-31(25)48-36)64-42(58)63-19-24-6-9-27(10-7-24)47-39(55)32(17-34(44)51)49-38(54)23(3)46-37(53)22(2)45-35(52)21-61-13-12-60-4/h6-11,15-16,22-23,26,32,36,48,59H,5,12-14,17-21H2,1-4H3,(H2,44,51)(H,45,52)(H,46,53)(H,47,55)(H,49,54)/t22-,23+,26?,32+,36?,43+/m1/s1. The molecular weight excluding hydrogens is 839 g/mol. The minimum absolute atomic E-state index is 0.00951. The Morgan fingerprint density at radius 2 is 1.69 bits per heavy atom. The number of hydrogen-bond acceptors (Lipinski definition) is 15. The molecule has 0 spiro atoms. The molecule has 0 radical (unpaired) electrons. The predicted octanol–water partition coefficient (Wildman–Crippen LogP) is 0.529. The smallest absolute Gasteiger partial charge is 0.458 e. The summed E-state index contributed by atoms with van der Waals surface area (Å²) >= 11 is 0. The highest BCUT2D eigenvalue weighted by Gasteiger charge is 2.47. The van der Waals surface area contributed by atoms with Gasteiger partial charge in [-0.1, -0.05) is 25.1 Å². The molecule has 3 aliphatic rings. The van der Waals surface area contributed by atoms with Gasteiger partial charge in [-0.2, -0.15) is 0 Å². The lowest BCUT2D eigenvalue weighted by Crippen LogP contribution is -2.55. The van der Waals surface area contributed by atoms with Crippen LogP contribution in [0.25, 0.3) is 0 Å². The van der Waals surface area contributed by atoms with Crippen molar-refractivity contribution < 1.29 is 62.4 Å². The molecular formula is C43H51N7O14. The van der Waals surface area contributed by atoms with E-state index in [2.05, 4.69) is 26.6 Å². The molecule has 4 heterocycles. The number of esters is 1. The number of benzene rings is 2. The molecule has 1 aromatic heterocycles. The fraction of sp³-hybridized carbons (Fsp3) is 0.442. The van der Waals surface area contributed by atoms with Crippen molar-refractivity contribution in [2.75, 3.05) is 37.6 Å². The lowest BCUT2D eigenvalue weighted by Gasteiger charge is -2.33. The summed E-state index contributed by atoms with van der Waals surface area (Å²) in [5.41, 5.74) is 6.72. The Morgan fingerprint density at radius 1 is 0.969 bits per heavy atom. The van der Waals surface area contributed by atoms with E-state index in [1.54, 1.807) is 41.8 Å². The van der Waals surface area contributed by atoms with E-state index < -0.39 is 71.8 Å². The molecule has 5 amide bonds. The monoisotopic (exact) mass is 889 g/mol. The van der Waals surface area contributed by atoms with Crippen molar-refractivity contribution in [1.29, 1.82) is 0 Å². The number of aromatic nitrogens is 1. The van der Waals surface area contributed by atoms with Crippen molar-refractivity contribution in [1.82, 2.24) is 20.5 Å². The van der Waals surface area contributed by atoms with Gasteiger partial charge >= 0.3 is 12.1 Å². The number of methoxy groups -OCH3 is 1. The fourth-order valence-corrected chi connectivity index (χ4v) is 7.65. The zero-order valence-electron chi connectivity index (χ0n) is 35.6. The number of anilines is 2. The molecule has 6 rings (SSSR count). The molecule has 0 saturated heterocycles. The van der Waals surface area contributed by atoms with E-state index in [4.69, 9.17) is 29.4 Å². The Labute approximate surface area is 366 Å². The highest BCUT2D eigenvalue weighted by Crippen LogP contribution is 2.44. The summed E-state index contributed by atoms with van der Waals surface area (Å²) in [5.74, 6) is -4.27. The lowest BCUT2D eigenvalue weighted by molar-refractivity contribution is -0.172. The van der Waals surface area contributed by atoms with Crippen LogP contribution in [0.5, 0.6) is 5.75 Å². The first-order valence-electron chi connectivity index (χ1n) is 20.6. The number of hydrogen-bond donors (Lipinski definition) is 7. The van der Waals surface area contributed by atoms with Crippen LogP contribution < -0.4 is 42.6 Å². The van der Waals surface area contributed by atoms with Gasteiger partial charge in [0.05, 0.1) is 31.2 Å². The first kappa shape index (κ1) is 46.7. The van der Waals surface area contributed by atoms with Crippen LogP contribution in [0.15, 0.2) is 53.3 Å². The number of carbonyl (C=O) groups is 7. The van der Waals surface area contributed by atoms with Crippen LogP contribution in [-0.2, 0) is 79.5 Å². The van der Waals surface area contributed by atoms with E-state index in [9.17, 15) is 43.5 Å². The zero-order valence-corrected chi connectivity index (χ0v) is 35.6. The van der Waals surface area contributed by atoms with Gasteiger partial charge in [0.2, 0.25) is 29.5 Å². The summed E-state index contributed by atoms with van der Waals surface area (Å²) in [4.78, 5) is 101. The number of fused-ring (bicyclic) bond motifs is 5. The number of cyclic esters (lactones) is 1. The molecule has 3 aliphatic heterocycles. The molecule has 8 N–H and O–H groups in total. The molecule has 2 aromatic carbocycles. The number of amides is 5. The predicted molar refractivity (Wildman–Crippen MR) is 224 cm³/mol. The quantitative estimate of drug-likeness (QED) is 0.0521. The highest BCUT2D eigenvalue weighted by molar-refractivity contribution is 6.00. The maximum atomic E-state index is 13.5. The summed E-state index contributed by atoms with van der Waals surface area (Å²) in [5, 5.41) is 24.5. The van der Waals surface area contributed by atoms with Gasteiger partial charge in [-0.15, -0.1) is 0 Å². The fourth-order valence-electron chi connectivity index (χ4n) is 7.65. The third-order valence-corrected chi connectivity index (χ3v) is 11.2. The Morgan fingerprint density at radius 3 is 2.39 bits per heavy atom. The highest BCUT2D eigenvalue weighted by atomic mass is 16.7. The lowest BCUT2D eigenvalue weighted by atomic mass is 9.84. The second-order valence-electron chi connectivity index (χ2n) is 15.7. The number of nitrogens with zero attached hydrogens (tertiary/aromatic N) is 1. The first-order chi connectivity index (χ1) is 30.5. The maximum Gasteiger partial charge on any atom is 0.514 e. The van der Waals surface area contributed by atoms with Gasteiger partial charge in [0.15, 0.2) is 5.60 Å². The van der Waals surface area contributed by atoms with Gasteiger partial charge in [-0.05, 0) is 62.1 Å². The number of nitrogens with one attached hydrogen (secondary N) is 5. The van der Waals surface area contributed by atoms with Crippen LogP contribution in [-0.4, -0.2) is 96.4 Å². The SMILES string of the molecule is CC[C@@]1(O)C(=O)OCc2c1cc1n(c2=O)CC2Cc3ccc(OC(=O)OCc4ccc(NC(=O)[C@H](CC(N)=O)NC(=O)[C@H](C)NC(=O)[C@@H](C)NC(=O)COCCOC)cc4)cc3NC12. The number of carbonyl (C=O) groups excluding carboxylic acids is 7. The average molecular weight is 890 g/mol. The Kier molecular flexibility index (Phi) is 14.7. The molecule has 0 aliphatic carbocycles. The van der Waals surface area contributed by atoms with Gasteiger partial charge < -0.3 is 65.7 Å². The van der Waals surface area contributed by atoms with E-state index in [1.165, 1.54) is 33.1 Å². The third-order valence-electron chi connectivity index (χ3n) is 11.2. The Bertz CT molecular complexity index is 2370. The normalized spacial score (nSPS) is 19.4. The summed E-state index contributed by atoms with van der Waals surface area (Å²) in [6, 6.07) is 9.06. The molecule has 21 nitrogen and oxygen atoms in total. The van der Waals surface area contributed by atoms with Crippen molar-refractivity contribution in [2.45, 2.75) is 89.6 Å². The summed E-state index contributed by atoms with van der Waals surface area (Å²) in [7, 11) is 1.48. The molecule has 0 saturated carbocycles. The number of ether oxygens (including phenoxy) is 5. The number of rotatable bonds is 18. The minimum Gasteiger partial charge on any atom is -0.458 e. The molecule has 64 heavy (non-hydrogen) atoms. The van der Waals surface area contributed by atoms with Crippen LogP contribution >= 0.6 is 0 Å². The maximum absolute atomic E-state index is 13.5. The number of aliphatic hydroxyl groups is 1. The topological polar surface area (TPSA) is 294 Å². The largest absolute Gasteiger partial charge is 0.514 e. The van der Waals surface area contributed by atoms with Gasteiger partial charge in [-0.3, -0.25) is 28.8 Å². The van der Waals surface area contributed by atoms with Gasteiger partial charge in [0.25, 0.3) is 5.56 Å². The summed E-state index contributed by atoms with van der Waals surface area (Å²) < 4.78 is 27.5. The summed E-state index contributed by atoms with van der Waals surface area (Å²) in [6.07, 6.45) is -0.883. The van der Waals surface area contributed by atoms with E-state index in [1.807, 2.05) is 6.07 Å². The van der Waals surface area contributed by atoms with E-state index in [0.717, 1.165) is 5.56 Å². The molecule has 342 valence electrons. The van der Waals surface area contributed by atoms with Gasteiger partial charge in [0, 0.05) is 48.3 Å². The van der Waals surface area contributed by atoms with Crippen LogP contribution in [0.2, 0.25) is 0 Å². The average Bonchev–Trinajstić information content (AvgIpc) is 3.62. The van der Waals surface area contributed by atoms with Crippen molar-refractivity contribution in [3.63, 3.8) is 0 Å². The van der Waals surface area contributed by atoms with Crippen LogP contribution in [0.1, 0.15) is 67.6 Å². The van der Waals surface area contributed by atoms with Crippen LogP contribution in [0, 0.1) is 5.92 Å². The minimum atomic E-state index is -1.92. The second-order valence-corrected chi connectivity index (χ2v) is 15.7. The Hall–Kier alpha value is -6.84. The number of pyridine rings is 1. The number of nitrogens with two attached hydrogens (primary N) is 1. The molecule has 3 aromatic rings. The van der Waals surface area contributed by atoms with Crippen molar-refractivity contribution in [2.24, 2.45) is 11.7 Å². The molecule has 2 unspecified atom stereocenters. The van der Waals surface area contributed by atoms with E-state index in [0.29, 0.717) is 29.9 Å². The Balaban J connectivity index is 0.986.